The summed E-state index contributed by atoms with van der Waals surface area (Å²) in [5, 5.41) is 20.4. The molecule has 7 rings (SSSR count). The van der Waals surface area contributed by atoms with Gasteiger partial charge in [-0.25, -0.2) is 9.48 Å². The summed E-state index contributed by atoms with van der Waals surface area (Å²) in [4.78, 5) is 27.4. The summed E-state index contributed by atoms with van der Waals surface area (Å²) in [5.41, 5.74) is 5.80. The minimum absolute atomic E-state index is 0.0743. The number of thiophene rings is 1. The smallest absolute Gasteiger partial charge is 0.337 e. The molecule has 2 aliphatic rings. The summed E-state index contributed by atoms with van der Waals surface area (Å²) < 4.78 is 7.87. The van der Waals surface area contributed by atoms with Gasteiger partial charge in [-0.2, -0.15) is 5.10 Å². The number of aryl methyl sites for hydroxylation is 1. The average Bonchev–Trinajstić information content (AvgIpc) is 3.68. The molecule has 214 valence electrons. The minimum atomic E-state index is -1.03. The molecule has 0 spiro atoms. The van der Waals surface area contributed by atoms with Crippen LogP contribution < -0.4 is 10.1 Å². The van der Waals surface area contributed by atoms with E-state index in [1.54, 1.807) is 40.3 Å². The van der Waals surface area contributed by atoms with Crippen molar-refractivity contribution in [1.29, 1.82) is 0 Å². The van der Waals surface area contributed by atoms with Crippen LogP contribution in [0.5, 0.6) is 5.75 Å². The quantitative estimate of drug-likeness (QED) is 0.205. The third kappa shape index (κ3) is 4.93. The number of anilines is 1. The molecule has 7 nitrogen and oxygen atoms in total. The van der Waals surface area contributed by atoms with Crippen LogP contribution in [0.4, 0.5) is 5.82 Å². The number of carbonyl (C=O) groups excluding carboxylic acids is 1. The number of allylic oxidation sites excluding steroid dienone is 2. The lowest BCUT2D eigenvalue weighted by molar-refractivity contribution is -0.116. The number of nitrogens with zero attached hydrogens (tertiary/aromatic N) is 2. The van der Waals surface area contributed by atoms with Crippen LogP contribution in [-0.2, 0) is 11.4 Å². The zero-order valence-electron chi connectivity index (χ0n) is 23.5. The topological polar surface area (TPSA) is 93.5 Å². The van der Waals surface area contributed by atoms with Crippen LogP contribution in [-0.4, -0.2) is 26.6 Å². The van der Waals surface area contributed by atoms with Crippen molar-refractivity contribution in [3.8, 4) is 11.4 Å². The molecule has 1 aliphatic heterocycles. The van der Waals surface area contributed by atoms with Crippen molar-refractivity contribution in [2.45, 2.75) is 38.2 Å². The van der Waals surface area contributed by atoms with Gasteiger partial charge in [0.2, 0.25) is 0 Å². The van der Waals surface area contributed by atoms with Gasteiger partial charge < -0.3 is 15.2 Å². The van der Waals surface area contributed by atoms with Gasteiger partial charge in [-0.05, 0) is 60.2 Å². The second-order valence-corrected chi connectivity index (χ2v) is 11.9. The van der Waals surface area contributed by atoms with Crippen LogP contribution in [0, 0.1) is 6.92 Å². The molecule has 1 aliphatic carbocycles. The molecule has 2 aromatic heterocycles. The molecule has 2 atom stereocenters. The van der Waals surface area contributed by atoms with Crippen molar-refractivity contribution in [3.05, 3.63) is 140 Å². The Hall–Kier alpha value is -4.95. The molecule has 0 saturated heterocycles. The fraction of sp³-hybridized carbons (Fsp3) is 0.171. The molecule has 3 aromatic carbocycles. The monoisotopic (exact) mass is 587 g/mol. The minimum Gasteiger partial charge on any atom is -0.489 e. The van der Waals surface area contributed by atoms with Gasteiger partial charge in [0.25, 0.3) is 0 Å². The van der Waals surface area contributed by atoms with E-state index < -0.39 is 5.97 Å². The Balaban J connectivity index is 1.36. The summed E-state index contributed by atoms with van der Waals surface area (Å²) in [5.74, 6) is 0.171. The highest BCUT2D eigenvalue weighted by Gasteiger charge is 2.41. The number of hydrogen-bond acceptors (Lipinski definition) is 6. The zero-order valence-corrected chi connectivity index (χ0v) is 24.3. The largest absolute Gasteiger partial charge is 0.489 e. The molecule has 8 heteroatoms. The van der Waals surface area contributed by atoms with Crippen LogP contribution in [0.25, 0.3) is 5.69 Å². The van der Waals surface area contributed by atoms with Gasteiger partial charge >= 0.3 is 5.97 Å². The number of ketones is 1. The molecule has 0 fully saturated rings. The summed E-state index contributed by atoms with van der Waals surface area (Å²) in [6.45, 7) is 2.34. The van der Waals surface area contributed by atoms with Crippen LogP contribution in [0.2, 0.25) is 0 Å². The lowest BCUT2D eigenvalue weighted by Gasteiger charge is -2.35. The number of carboxylic acids is 1. The first-order chi connectivity index (χ1) is 21.0. The Morgan fingerprint density at radius 2 is 1.84 bits per heavy atom. The number of aromatic nitrogens is 2. The Labute approximate surface area is 253 Å². The van der Waals surface area contributed by atoms with E-state index in [-0.39, 0.29) is 23.2 Å². The van der Waals surface area contributed by atoms with Crippen molar-refractivity contribution in [1.82, 2.24) is 9.78 Å². The second-order valence-electron chi connectivity index (χ2n) is 10.9. The Morgan fingerprint density at radius 1 is 1.02 bits per heavy atom. The number of aromatic carboxylic acids is 1. The fourth-order valence-corrected chi connectivity index (χ4v) is 7.10. The number of Topliss-reactive ketones (excluding diaryl/α,β-unsaturated/α-hetero) is 1. The van der Waals surface area contributed by atoms with E-state index in [1.807, 2.05) is 73.0 Å². The number of rotatable bonds is 7. The van der Waals surface area contributed by atoms with Crippen LogP contribution in [0.15, 0.2) is 108 Å². The Bertz CT molecular complexity index is 1870. The normalized spacial score (nSPS) is 17.7. The number of carboxylic acid groups (broad SMARTS) is 1. The molecule has 0 unspecified atom stereocenters. The van der Waals surface area contributed by atoms with Crippen molar-refractivity contribution < 1.29 is 19.4 Å². The number of ether oxygens (including phenoxy) is 1. The van der Waals surface area contributed by atoms with E-state index in [0.717, 1.165) is 33.7 Å². The standard InChI is InChI=1S/C35H29N3O4S/c1-21-31-32(23-11-7-12-25(17-23)42-20-22-9-3-2-4-10-22)33-27(18-24(19-29(33)39)30-15-8-16-43-30)36-34(31)38(37-21)28-14-6-5-13-26(28)35(40)41/h2-17,24,32,36H,18-20H2,1H3,(H,40,41)/t24-,32-/m0/s1. The molecular weight excluding hydrogens is 558 g/mol. The molecule has 5 aromatic rings. The molecule has 3 heterocycles. The van der Waals surface area contributed by atoms with E-state index in [2.05, 4.69) is 11.4 Å². The van der Waals surface area contributed by atoms with Crippen molar-refractivity contribution in [2.24, 2.45) is 0 Å². The maximum absolute atomic E-state index is 14.0. The van der Waals surface area contributed by atoms with Gasteiger partial charge in [-0.15, -0.1) is 11.3 Å². The van der Waals surface area contributed by atoms with Gasteiger partial charge in [0, 0.05) is 40.0 Å². The summed E-state index contributed by atoms with van der Waals surface area (Å²) in [6.07, 6.45) is 1.11. The van der Waals surface area contributed by atoms with Crippen LogP contribution >= 0.6 is 11.3 Å². The number of fused-ring (bicyclic) bond motifs is 1. The van der Waals surface area contributed by atoms with E-state index >= 15 is 0 Å². The average molecular weight is 588 g/mol. The summed E-state index contributed by atoms with van der Waals surface area (Å²) >= 11 is 1.67. The van der Waals surface area contributed by atoms with E-state index in [9.17, 15) is 14.7 Å². The second kappa shape index (κ2) is 11.0. The maximum Gasteiger partial charge on any atom is 0.337 e. The Kier molecular flexibility index (Phi) is 6.91. The number of para-hydroxylation sites is 1. The van der Waals surface area contributed by atoms with Crippen LogP contribution in [0.3, 0.4) is 0 Å². The molecule has 0 amide bonds. The third-order valence-electron chi connectivity index (χ3n) is 8.21. The zero-order chi connectivity index (χ0) is 29.5. The first-order valence-corrected chi connectivity index (χ1v) is 15.1. The number of hydrogen-bond donors (Lipinski definition) is 2. The van der Waals surface area contributed by atoms with Crippen LogP contribution in [0.1, 0.15) is 62.3 Å². The number of carbonyl (C=O) groups is 2. The lowest BCUT2D eigenvalue weighted by atomic mass is 9.73. The molecule has 0 radical (unpaired) electrons. The predicted molar refractivity (Wildman–Crippen MR) is 166 cm³/mol. The van der Waals surface area contributed by atoms with E-state index in [4.69, 9.17) is 9.84 Å². The SMILES string of the molecule is Cc1nn(-c2ccccc2C(=O)O)c2c1[C@H](c1cccc(OCc3ccccc3)c1)C1=C(C[C@H](c3cccs3)CC1=O)N2. The third-order valence-corrected chi connectivity index (χ3v) is 9.24. The highest BCUT2D eigenvalue weighted by Crippen LogP contribution is 2.50. The molecule has 2 N–H and O–H groups in total. The molecular formula is C35H29N3O4S. The summed E-state index contributed by atoms with van der Waals surface area (Å²) in [7, 11) is 0. The summed E-state index contributed by atoms with van der Waals surface area (Å²) in [6, 6.07) is 28.9. The van der Waals surface area contributed by atoms with Crippen molar-refractivity contribution in [2.75, 3.05) is 5.32 Å². The van der Waals surface area contributed by atoms with Gasteiger partial charge in [0.15, 0.2) is 5.78 Å². The number of nitrogens with one attached hydrogen (secondary N) is 1. The van der Waals surface area contributed by atoms with Gasteiger partial charge in [-0.1, -0.05) is 60.7 Å². The molecule has 0 saturated carbocycles. The highest BCUT2D eigenvalue weighted by molar-refractivity contribution is 7.10. The van der Waals surface area contributed by atoms with Gasteiger partial charge in [0.05, 0.1) is 16.9 Å². The molecule has 0 bridgehead atoms. The fourth-order valence-electron chi connectivity index (χ4n) is 6.27. The van der Waals surface area contributed by atoms with Crippen molar-refractivity contribution >= 4 is 28.9 Å². The van der Waals surface area contributed by atoms with E-state index in [0.29, 0.717) is 36.7 Å². The first-order valence-electron chi connectivity index (χ1n) is 14.2. The van der Waals surface area contributed by atoms with Gasteiger partial charge in [-0.3, -0.25) is 4.79 Å². The van der Waals surface area contributed by atoms with Crippen molar-refractivity contribution in [3.63, 3.8) is 0 Å². The molecule has 43 heavy (non-hydrogen) atoms. The number of benzene rings is 3. The van der Waals surface area contributed by atoms with Gasteiger partial charge in [0.1, 0.15) is 18.2 Å². The van der Waals surface area contributed by atoms with E-state index in [1.165, 1.54) is 4.88 Å². The predicted octanol–water partition coefficient (Wildman–Crippen LogP) is 7.48. The lowest BCUT2D eigenvalue weighted by Crippen LogP contribution is -2.30. The highest BCUT2D eigenvalue weighted by atomic mass is 32.1. The maximum atomic E-state index is 14.0. The Morgan fingerprint density at radius 3 is 2.63 bits per heavy atom. The first kappa shape index (κ1) is 26.9.